The second kappa shape index (κ2) is 4.05. The van der Waals surface area contributed by atoms with E-state index in [1.807, 2.05) is 0 Å². The molecule has 1 aromatic heterocycles. The van der Waals surface area contributed by atoms with Crippen LogP contribution in [0.5, 0.6) is 0 Å². The smallest absolute Gasteiger partial charge is 0.170 e. The molecule has 0 aliphatic carbocycles. The van der Waals surface area contributed by atoms with Crippen molar-refractivity contribution in [3.8, 4) is 6.07 Å². The summed E-state index contributed by atoms with van der Waals surface area (Å²) in [6.07, 6.45) is 2.41. The number of rotatable bonds is 1. The van der Waals surface area contributed by atoms with Crippen LogP contribution in [0.1, 0.15) is 25.3 Å². The fraction of sp³-hybridized carbons (Fsp3) is 0.636. The Bertz CT molecular complexity index is 428. The minimum Gasteiger partial charge on any atom is -0.383 e. The molecule has 1 aromatic rings. The highest BCUT2D eigenvalue weighted by molar-refractivity contribution is 5.65. The molecular formula is C11H17N5. The zero-order valence-corrected chi connectivity index (χ0v) is 9.77. The number of nitrogen functional groups attached to an aromatic ring is 1. The molecule has 1 unspecified atom stereocenters. The van der Waals surface area contributed by atoms with Crippen molar-refractivity contribution < 1.29 is 0 Å². The van der Waals surface area contributed by atoms with Crippen molar-refractivity contribution in [2.75, 3.05) is 23.7 Å². The van der Waals surface area contributed by atoms with Crippen molar-refractivity contribution in [3.05, 3.63) is 5.56 Å². The Morgan fingerprint density at radius 1 is 1.56 bits per heavy atom. The van der Waals surface area contributed by atoms with Gasteiger partial charge in [-0.25, -0.2) is 4.68 Å². The minimum absolute atomic E-state index is 0.454. The Balaban J connectivity index is 2.33. The molecular weight excluding hydrogens is 202 g/mol. The molecule has 5 heteroatoms. The van der Waals surface area contributed by atoms with Gasteiger partial charge in [-0.2, -0.15) is 10.4 Å². The topological polar surface area (TPSA) is 70.9 Å². The lowest BCUT2D eigenvalue weighted by atomic mass is 10.0. The number of nitrogens with two attached hydrogens (primary N) is 1. The summed E-state index contributed by atoms with van der Waals surface area (Å²) in [4.78, 5) is 2.17. The summed E-state index contributed by atoms with van der Waals surface area (Å²) in [5.41, 5.74) is 6.32. The van der Waals surface area contributed by atoms with Gasteiger partial charge in [-0.05, 0) is 18.8 Å². The zero-order valence-electron chi connectivity index (χ0n) is 9.77. The molecule has 0 spiro atoms. The summed E-state index contributed by atoms with van der Waals surface area (Å²) >= 11 is 0. The number of hydrogen-bond donors (Lipinski definition) is 1. The van der Waals surface area contributed by atoms with Crippen LogP contribution in [-0.4, -0.2) is 22.9 Å². The van der Waals surface area contributed by atoms with Crippen molar-refractivity contribution in [2.45, 2.75) is 19.8 Å². The molecule has 16 heavy (non-hydrogen) atoms. The van der Waals surface area contributed by atoms with Crippen LogP contribution in [0, 0.1) is 17.2 Å². The van der Waals surface area contributed by atoms with E-state index in [0.29, 0.717) is 17.3 Å². The van der Waals surface area contributed by atoms with Gasteiger partial charge in [0.05, 0.1) is 0 Å². The number of aryl methyl sites for hydroxylation is 1. The number of piperidine rings is 1. The molecule has 0 saturated carbocycles. The maximum atomic E-state index is 9.10. The van der Waals surface area contributed by atoms with E-state index in [4.69, 9.17) is 11.0 Å². The molecule has 0 bridgehead atoms. The quantitative estimate of drug-likeness (QED) is 0.768. The Morgan fingerprint density at radius 3 is 2.94 bits per heavy atom. The van der Waals surface area contributed by atoms with Crippen LogP contribution in [0.25, 0.3) is 0 Å². The summed E-state index contributed by atoms with van der Waals surface area (Å²) in [5.74, 6) is 1.85. The molecule has 5 nitrogen and oxygen atoms in total. The first-order valence-corrected chi connectivity index (χ1v) is 5.61. The molecule has 0 radical (unpaired) electrons. The Morgan fingerprint density at radius 2 is 2.31 bits per heavy atom. The average Bonchev–Trinajstić information content (AvgIpc) is 2.55. The van der Waals surface area contributed by atoms with Crippen LogP contribution in [-0.2, 0) is 7.05 Å². The number of hydrogen-bond acceptors (Lipinski definition) is 4. The number of aromatic nitrogens is 2. The highest BCUT2D eigenvalue weighted by atomic mass is 15.4. The summed E-state index contributed by atoms with van der Waals surface area (Å²) in [7, 11) is 1.77. The van der Waals surface area contributed by atoms with Gasteiger partial charge in [0, 0.05) is 20.1 Å². The standard InChI is InChI=1S/C11H17N5/c1-8-4-3-5-16(7-8)11-9(6-12)10(13)15(2)14-11/h8H,3-5,7,13H2,1-2H3. The van der Waals surface area contributed by atoms with Gasteiger partial charge in [0.2, 0.25) is 0 Å². The highest BCUT2D eigenvalue weighted by Crippen LogP contribution is 2.27. The normalized spacial score (nSPS) is 20.8. The van der Waals surface area contributed by atoms with E-state index >= 15 is 0 Å². The minimum atomic E-state index is 0.454. The number of nitrogens with zero attached hydrogens (tertiary/aromatic N) is 4. The summed E-state index contributed by atoms with van der Waals surface area (Å²) < 4.78 is 1.58. The number of anilines is 2. The van der Waals surface area contributed by atoms with Crippen LogP contribution in [0.2, 0.25) is 0 Å². The third kappa shape index (κ3) is 1.71. The highest BCUT2D eigenvalue weighted by Gasteiger charge is 2.23. The van der Waals surface area contributed by atoms with Crippen LogP contribution in [0.15, 0.2) is 0 Å². The van der Waals surface area contributed by atoms with Crippen molar-refractivity contribution in [1.82, 2.24) is 9.78 Å². The summed E-state index contributed by atoms with van der Waals surface area (Å²) in [6, 6.07) is 2.15. The fourth-order valence-corrected chi connectivity index (χ4v) is 2.23. The SMILES string of the molecule is CC1CCCN(c2nn(C)c(N)c2C#N)C1. The van der Waals surface area contributed by atoms with Gasteiger partial charge in [-0.3, -0.25) is 0 Å². The summed E-state index contributed by atoms with van der Waals surface area (Å²) in [5, 5.41) is 13.4. The van der Waals surface area contributed by atoms with Crippen molar-refractivity contribution in [1.29, 1.82) is 5.26 Å². The number of nitriles is 1. The molecule has 0 amide bonds. The molecule has 86 valence electrons. The first-order valence-electron chi connectivity index (χ1n) is 5.61. The Labute approximate surface area is 95.4 Å². The predicted molar refractivity (Wildman–Crippen MR) is 62.9 cm³/mol. The van der Waals surface area contributed by atoms with Gasteiger partial charge in [0.25, 0.3) is 0 Å². The second-order valence-corrected chi connectivity index (χ2v) is 4.51. The molecule has 1 aliphatic rings. The second-order valence-electron chi connectivity index (χ2n) is 4.51. The van der Waals surface area contributed by atoms with E-state index < -0.39 is 0 Å². The van der Waals surface area contributed by atoms with Crippen LogP contribution >= 0.6 is 0 Å². The Kier molecular flexibility index (Phi) is 2.73. The van der Waals surface area contributed by atoms with Crippen molar-refractivity contribution in [2.24, 2.45) is 13.0 Å². The third-order valence-corrected chi connectivity index (χ3v) is 3.14. The van der Waals surface area contributed by atoms with Gasteiger partial charge >= 0.3 is 0 Å². The molecule has 1 atom stereocenters. The summed E-state index contributed by atoms with van der Waals surface area (Å²) in [6.45, 7) is 4.16. The van der Waals surface area contributed by atoms with Gasteiger partial charge < -0.3 is 10.6 Å². The van der Waals surface area contributed by atoms with E-state index in [1.165, 1.54) is 6.42 Å². The van der Waals surface area contributed by atoms with E-state index in [1.54, 1.807) is 11.7 Å². The van der Waals surface area contributed by atoms with E-state index in [-0.39, 0.29) is 0 Å². The van der Waals surface area contributed by atoms with E-state index in [0.717, 1.165) is 25.3 Å². The monoisotopic (exact) mass is 219 g/mol. The van der Waals surface area contributed by atoms with Crippen molar-refractivity contribution in [3.63, 3.8) is 0 Å². The largest absolute Gasteiger partial charge is 0.383 e. The third-order valence-electron chi connectivity index (χ3n) is 3.14. The molecule has 2 rings (SSSR count). The lowest BCUT2D eigenvalue weighted by Crippen LogP contribution is -2.35. The predicted octanol–water partition coefficient (Wildman–Crippen LogP) is 1.11. The lowest BCUT2D eigenvalue weighted by molar-refractivity contribution is 0.443. The lowest BCUT2D eigenvalue weighted by Gasteiger charge is -2.31. The fourth-order valence-electron chi connectivity index (χ4n) is 2.23. The van der Waals surface area contributed by atoms with Gasteiger partial charge in [0.15, 0.2) is 5.82 Å². The first-order chi connectivity index (χ1) is 7.63. The van der Waals surface area contributed by atoms with Crippen molar-refractivity contribution >= 4 is 11.6 Å². The molecule has 2 N–H and O–H groups in total. The van der Waals surface area contributed by atoms with E-state index in [2.05, 4.69) is 23.0 Å². The molecule has 1 saturated heterocycles. The zero-order chi connectivity index (χ0) is 11.7. The van der Waals surface area contributed by atoms with E-state index in [9.17, 15) is 0 Å². The maximum Gasteiger partial charge on any atom is 0.170 e. The average molecular weight is 219 g/mol. The molecule has 0 aromatic carbocycles. The van der Waals surface area contributed by atoms with Gasteiger partial charge in [-0.15, -0.1) is 0 Å². The Hall–Kier alpha value is -1.70. The maximum absolute atomic E-state index is 9.10. The van der Waals surface area contributed by atoms with Gasteiger partial charge in [-0.1, -0.05) is 6.92 Å². The van der Waals surface area contributed by atoms with Crippen LogP contribution in [0.3, 0.4) is 0 Å². The molecule has 1 fully saturated rings. The van der Waals surface area contributed by atoms with Gasteiger partial charge in [0.1, 0.15) is 17.5 Å². The first kappa shape index (κ1) is 10.8. The van der Waals surface area contributed by atoms with Crippen LogP contribution < -0.4 is 10.6 Å². The van der Waals surface area contributed by atoms with Crippen LogP contribution in [0.4, 0.5) is 11.6 Å². The molecule has 2 heterocycles. The molecule has 1 aliphatic heterocycles.